The number of aromatic nitrogens is 1. The number of carbonyl (C=O) groups is 1. The average molecular weight is 276 g/mol. The molecule has 0 spiro atoms. The number of hydrogen-bond donors (Lipinski definition) is 2. The molecule has 5 heteroatoms. The number of nitrogens with zero attached hydrogens (tertiary/aromatic N) is 2. The quantitative estimate of drug-likeness (QED) is 0.854. The van der Waals surface area contributed by atoms with Crippen LogP contribution in [-0.2, 0) is 0 Å². The molecule has 2 rings (SSSR count). The summed E-state index contributed by atoms with van der Waals surface area (Å²) >= 11 is 0. The molecule has 5 nitrogen and oxygen atoms in total. The molecule has 1 aromatic heterocycles. The number of carbonyl (C=O) groups excluding carboxylic acids is 1. The average Bonchev–Trinajstić information content (AvgIpc) is 2.49. The van der Waals surface area contributed by atoms with Crippen molar-refractivity contribution in [2.24, 2.45) is 17.4 Å². The zero-order chi connectivity index (χ0) is 14.5. The van der Waals surface area contributed by atoms with Crippen molar-refractivity contribution >= 4 is 11.7 Å². The third kappa shape index (κ3) is 3.10. The van der Waals surface area contributed by atoms with Gasteiger partial charge in [-0.1, -0.05) is 12.8 Å². The Hall–Kier alpha value is -1.62. The molecule has 2 unspecified atom stereocenters. The predicted octanol–water partition coefficient (Wildman–Crippen LogP) is 1.52. The number of nitrogens with two attached hydrogens (primary N) is 2. The van der Waals surface area contributed by atoms with Crippen molar-refractivity contribution < 1.29 is 4.79 Å². The summed E-state index contributed by atoms with van der Waals surface area (Å²) in [6, 6.07) is 4.07. The van der Waals surface area contributed by atoms with E-state index >= 15 is 0 Å². The molecule has 110 valence electrons. The van der Waals surface area contributed by atoms with Crippen molar-refractivity contribution in [1.82, 2.24) is 4.98 Å². The summed E-state index contributed by atoms with van der Waals surface area (Å²) in [5, 5.41) is 0. The van der Waals surface area contributed by atoms with Crippen molar-refractivity contribution in [2.75, 3.05) is 18.0 Å². The Labute approximate surface area is 120 Å². The Kier molecular flexibility index (Phi) is 4.95. The molecular weight excluding hydrogens is 252 g/mol. The Morgan fingerprint density at radius 2 is 2.15 bits per heavy atom. The van der Waals surface area contributed by atoms with Crippen molar-refractivity contribution in [3.05, 3.63) is 23.9 Å². The number of rotatable bonds is 5. The number of pyridine rings is 1. The van der Waals surface area contributed by atoms with Crippen molar-refractivity contribution in [3.63, 3.8) is 0 Å². The standard InChI is InChI=1S/C15H24N4O/c1-2-19(13-6-4-3-5-11(13)9-16)14-8-7-12(10-18-14)15(17)20/h7-8,10-11,13H,2-6,9,16H2,1H3,(H2,17,20). The van der Waals surface area contributed by atoms with Gasteiger partial charge in [0.15, 0.2) is 0 Å². The zero-order valence-electron chi connectivity index (χ0n) is 12.1. The first-order valence-electron chi connectivity index (χ1n) is 7.40. The van der Waals surface area contributed by atoms with Crippen molar-refractivity contribution in [1.29, 1.82) is 0 Å². The van der Waals surface area contributed by atoms with Gasteiger partial charge in [-0.25, -0.2) is 4.98 Å². The van der Waals surface area contributed by atoms with Gasteiger partial charge in [0.2, 0.25) is 5.91 Å². The van der Waals surface area contributed by atoms with Crippen molar-refractivity contribution in [3.8, 4) is 0 Å². The highest BCUT2D eigenvalue weighted by Gasteiger charge is 2.29. The van der Waals surface area contributed by atoms with Gasteiger partial charge in [-0.15, -0.1) is 0 Å². The largest absolute Gasteiger partial charge is 0.366 e. The fourth-order valence-corrected chi connectivity index (χ4v) is 3.14. The van der Waals surface area contributed by atoms with E-state index < -0.39 is 5.91 Å². The summed E-state index contributed by atoms with van der Waals surface area (Å²) in [4.78, 5) is 17.8. The van der Waals surface area contributed by atoms with Gasteiger partial charge in [-0.05, 0) is 44.4 Å². The maximum atomic E-state index is 11.1. The van der Waals surface area contributed by atoms with Crippen LogP contribution in [0.3, 0.4) is 0 Å². The Bertz CT molecular complexity index is 446. The number of hydrogen-bond acceptors (Lipinski definition) is 4. The van der Waals surface area contributed by atoms with E-state index in [1.165, 1.54) is 19.3 Å². The molecule has 1 heterocycles. The van der Waals surface area contributed by atoms with Gasteiger partial charge < -0.3 is 16.4 Å². The number of amides is 1. The molecule has 1 saturated carbocycles. The van der Waals surface area contributed by atoms with Crippen LogP contribution >= 0.6 is 0 Å². The van der Waals surface area contributed by atoms with E-state index in [4.69, 9.17) is 11.5 Å². The highest BCUT2D eigenvalue weighted by molar-refractivity contribution is 5.92. The molecular formula is C15H24N4O. The van der Waals surface area contributed by atoms with E-state index in [1.54, 1.807) is 12.3 Å². The Morgan fingerprint density at radius 1 is 1.40 bits per heavy atom. The van der Waals surface area contributed by atoms with Crippen LogP contribution < -0.4 is 16.4 Å². The monoisotopic (exact) mass is 276 g/mol. The van der Waals surface area contributed by atoms with E-state index in [9.17, 15) is 4.79 Å². The highest BCUT2D eigenvalue weighted by Crippen LogP contribution is 2.30. The van der Waals surface area contributed by atoms with Gasteiger partial charge in [0.05, 0.1) is 5.56 Å². The first-order chi connectivity index (χ1) is 9.67. The molecule has 1 amide bonds. The zero-order valence-corrected chi connectivity index (χ0v) is 12.1. The lowest BCUT2D eigenvalue weighted by Crippen LogP contribution is -2.45. The molecule has 2 atom stereocenters. The van der Waals surface area contributed by atoms with E-state index in [-0.39, 0.29) is 0 Å². The van der Waals surface area contributed by atoms with E-state index in [1.807, 2.05) is 6.07 Å². The van der Waals surface area contributed by atoms with Crippen LogP contribution in [0.2, 0.25) is 0 Å². The SMILES string of the molecule is CCN(c1ccc(C(N)=O)cn1)C1CCCCC1CN. The maximum absolute atomic E-state index is 11.1. The van der Waals surface area contributed by atoms with Crippen LogP contribution in [0.15, 0.2) is 18.3 Å². The van der Waals surface area contributed by atoms with Crippen LogP contribution in [0.1, 0.15) is 43.0 Å². The fraction of sp³-hybridized carbons (Fsp3) is 0.600. The molecule has 4 N–H and O–H groups in total. The number of primary amides is 1. The van der Waals surface area contributed by atoms with Gasteiger partial charge in [0.1, 0.15) is 5.82 Å². The summed E-state index contributed by atoms with van der Waals surface area (Å²) in [5.41, 5.74) is 11.6. The van der Waals surface area contributed by atoms with Gasteiger partial charge in [0, 0.05) is 18.8 Å². The Morgan fingerprint density at radius 3 is 2.70 bits per heavy atom. The number of anilines is 1. The lowest BCUT2D eigenvalue weighted by Gasteiger charge is -2.40. The molecule has 20 heavy (non-hydrogen) atoms. The second kappa shape index (κ2) is 6.70. The molecule has 1 fully saturated rings. The minimum atomic E-state index is -0.440. The summed E-state index contributed by atoms with van der Waals surface area (Å²) in [6.07, 6.45) is 6.42. The topological polar surface area (TPSA) is 85.2 Å². The molecule has 1 aliphatic carbocycles. The Balaban J connectivity index is 2.19. The van der Waals surface area contributed by atoms with Crippen molar-refractivity contribution in [2.45, 2.75) is 38.6 Å². The van der Waals surface area contributed by atoms with Crippen LogP contribution in [0.5, 0.6) is 0 Å². The predicted molar refractivity (Wildman–Crippen MR) is 80.6 cm³/mol. The second-order valence-electron chi connectivity index (χ2n) is 5.40. The smallest absolute Gasteiger partial charge is 0.250 e. The minimum absolute atomic E-state index is 0.440. The summed E-state index contributed by atoms with van der Waals surface area (Å²) < 4.78 is 0. The summed E-state index contributed by atoms with van der Waals surface area (Å²) in [5.74, 6) is 0.994. The molecule has 0 saturated heterocycles. The molecule has 0 aliphatic heterocycles. The van der Waals surface area contributed by atoms with Crippen LogP contribution in [0.25, 0.3) is 0 Å². The molecule has 0 aromatic carbocycles. The van der Waals surface area contributed by atoms with Crippen LogP contribution in [0.4, 0.5) is 5.82 Å². The third-order valence-corrected chi connectivity index (χ3v) is 4.24. The van der Waals surface area contributed by atoms with Crippen LogP contribution in [0, 0.1) is 5.92 Å². The second-order valence-corrected chi connectivity index (χ2v) is 5.40. The van der Waals surface area contributed by atoms with Gasteiger partial charge >= 0.3 is 0 Å². The first-order valence-corrected chi connectivity index (χ1v) is 7.40. The minimum Gasteiger partial charge on any atom is -0.366 e. The van der Waals surface area contributed by atoms with Crippen LogP contribution in [-0.4, -0.2) is 30.0 Å². The third-order valence-electron chi connectivity index (χ3n) is 4.24. The van der Waals surface area contributed by atoms with E-state index in [0.29, 0.717) is 17.5 Å². The van der Waals surface area contributed by atoms with E-state index in [0.717, 1.165) is 25.3 Å². The van der Waals surface area contributed by atoms with E-state index in [2.05, 4.69) is 16.8 Å². The fourth-order valence-electron chi connectivity index (χ4n) is 3.14. The lowest BCUT2D eigenvalue weighted by molar-refractivity contribution is 0.1000. The molecule has 0 bridgehead atoms. The molecule has 0 radical (unpaired) electrons. The summed E-state index contributed by atoms with van der Waals surface area (Å²) in [7, 11) is 0. The normalized spacial score (nSPS) is 22.5. The van der Waals surface area contributed by atoms with Gasteiger partial charge in [0.25, 0.3) is 0 Å². The lowest BCUT2D eigenvalue weighted by atomic mass is 9.83. The van der Waals surface area contributed by atoms with Gasteiger partial charge in [-0.3, -0.25) is 4.79 Å². The molecule has 1 aliphatic rings. The first kappa shape index (κ1) is 14.8. The van der Waals surface area contributed by atoms with Gasteiger partial charge in [-0.2, -0.15) is 0 Å². The molecule has 1 aromatic rings. The highest BCUT2D eigenvalue weighted by atomic mass is 16.1. The maximum Gasteiger partial charge on any atom is 0.250 e. The summed E-state index contributed by atoms with van der Waals surface area (Å²) in [6.45, 7) is 3.75.